The molecule has 0 saturated carbocycles. The van der Waals surface area contributed by atoms with E-state index in [2.05, 4.69) is 22.6 Å². The number of rotatable bonds is 4. The normalized spacial score (nSPS) is 11.1. The molecular weight excluding hydrogens is 391 g/mol. The highest BCUT2D eigenvalue weighted by molar-refractivity contribution is 14.1. The molecule has 0 fully saturated rings. The van der Waals surface area contributed by atoms with Gasteiger partial charge < -0.3 is 4.18 Å². The second-order valence-electron chi connectivity index (χ2n) is 4.08. The zero-order valence-corrected chi connectivity index (χ0v) is 13.5. The summed E-state index contributed by atoms with van der Waals surface area (Å²) >= 11 is 2.07. The number of hydrogen-bond donors (Lipinski definition) is 0. The first kappa shape index (κ1) is 15.0. The summed E-state index contributed by atoms with van der Waals surface area (Å²) in [5.74, 6) is 0.139. The maximum absolute atomic E-state index is 12.1. The Kier molecular flexibility index (Phi) is 4.44. The smallest absolute Gasteiger partial charge is 0.339 e. The lowest BCUT2D eigenvalue weighted by Crippen LogP contribution is -2.10. The largest absolute Gasteiger partial charge is 0.379 e. The predicted octanol–water partition coefficient (Wildman–Crippen LogP) is 3.26. The van der Waals surface area contributed by atoms with Crippen LogP contribution in [0.1, 0.15) is 17.3 Å². The molecule has 20 heavy (non-hydrogen) atoms. The van der Waals surface area contributed by atoms with Gasteiger partial charge in [-0.2, -0.15) is 8.42 Å². The molecule has 0 amide bonds. The number of benzene rings is 2. The molecule has 0 atom stereocenters. The third kappa shape index (κ3) is 3.57. The monoisotopic (exact) mass is 402 g/mol. The Labute approximate surface area is 131 Å². The second kappa shape index (κ2) is 5.92. The van der Waals surface area contributed by atoms with Gasteiger partial charge in [0, 0.05) is 9.13 Å². The molecular formula is C14H11IO4S. The van der Waals surface area contributed by atoms with Gasteiger partial charge in [0.15, 0.2) is 5.78 Å². The maximum Gasteiger partial charge on any atom is 0.339 e. The summed E-state index contributed by atoms with van der Waals surface area (Å²) in [6, 6.07) is 12.4. The quantitative estimate of drug-likeness (QED) is 0.448. The van der Waals surface area contributed by atoms with Crippen LogP contribution >= 0.6 is 22.6 Å². The van der Waals surface area contributed by atoms with Crippen LogP contribution in [0.2, 0.25) is 0 Å². The zero-order valence-electron chi connectivity index (χ0n) is 10.5. The molecule has 0 aliphatic heterocycles. The summed E-state index contributed by atoms with van der Waals surface area (Å²) in [6.07, 6.45) is 0. The molecule has 0 unspecified atom stereocenters. The summed E-state index contributed by atoms with van der Waals surface area (Å²) in [4.78, 5) is 11.2. The molecule has 6 heteroatoms. The zero-order chi connectivity index (χ0) is 14.8. The first-order valence-electron chi connectivity index (χ1n) is 5.69. The first-order valence-corrected chi connectivity index (χ1v) is 8.18. The van der Waals surface area contributed by atoms with Crippen LogP contribution < -0.4 is 4.18 Å². The fraction of sp³-hybridized carbons (Fsp3) is 0.0714. The van der Waals surface area contributed by atoms with Gasteiger partial charge in [-0.1, -0.05) is 18.2 Å². The van der Waals surface area contributed by atoms with Gasteiger partial charge in [0.2, 0.25) is 0 Å². The molecule has 2 aromatic carbocycles. The average Bonchev–Trinajstić information content (AvgIpc) is 2.38. The van der Waals surface area contributed by atoms with Crippen molar-refractivity contribution in [1.82, 2.24) is 0 Å². The molecule has 0 aromatic heterocycles. The summed E-state index contributed by atoms with van der Waals surface area (Å²) in [5, 5.41) is 0. The van der Waals surface area contributed by atoms with Crippen molar-refractivity contribution in [3.8, 4) is 5.75 Å². The van der Waals surface area contributed by atoms with E-state index in [-0.39, 0.29) is 16.4 Å². The van der Waals surface area contributed by atoms with Crippen molar-refractivity contribution in [3.05, 3.63) is 57.7 Å². The molecule has 0 bridgehead atoms. The third-order valence-electron chi connectivity index (χ3n) is 2.55. The molecule has 0 radical (unpaired) electrons. The van der Waals surface area contributed by atoms with Crippen LogP contribution in [-0.2, 0) is 10.1 Å². The van der Waals surface area contributed by atoms with Crippen LogP contribution in [0, 0.1) is 3.57 Å². The van der Waals surface area contributed by atoms with Gasteiger partial charge in [0.25, 0.3) is 0 Å². The highest BCUT2D eigenvalue weighted by Gasteiger charge is 2.17. The molecule has 0 spiro atoms. The maximum atomic E-state index is 12.1. The Hall–Kier alpha value is -1.41. The molecule has 2 aromatic rings. The Morgan fingerprint density at radius 3 is 2.30 bits per heavy atom. The summed E-state index contributed by atoms with van der Waals surface area (Å²) in [5.41, 5.74) is 0.457. The van der Waals surface area contributed by atoms with Crippen molar-refractivity contribution in [2.75, 3.05) is 0 Å². The van der Waals surface area contributed by atoms with E-state index in [9.17, 15) is 13.2 Å². The third-order valence-corrected chi connectivity index (χ3v) is 4.48. The molecule has 0 N–H and O–H groups in total. The van der Waals surface area contributed by atoms with Crippen LogP contribution in [0.5, 0.6) is 5.75 Å². The van der Waals surface area contributed by atoms with Crippen molar-refractivity contribution < 1.29 is 17.4 Å². The predicted molar refractivity (Wildman–Crippen MR) is 83.4 cm³/mol. The lowest BCUT2D eigenvalue weighted by molar-refractivity contribution is 0.101. The van der Waals surface area contributed by atoms with E-state index in [1.54, 1.807) is 18.2 Å². The van der Waals surface area contributed by atoms with Crippen LogP contribution in [0.25, 0.3) is 0 Å². The van der Waals surface area contributed by atoms with Crippen molar-refractivity contribution in [1.29, 1.82) is 0 Å². The SMILES string of the molecule is CC(=O)c1ccc(S(=O)(=O)Oc2cccc(I)c2)cc1. The number of carbonyl (C=O) groups is 1. The molecule has 0 saturated heterocycles. The van der Waals surface area contributed by atoms with Crippen molar-refractivity contribution in [2.24, 2.45) is 0 Å². The molecule has 4 nitrogen and oxygen atoms in total. The summed E-state index contributed by atoms with van der Waals surface area (Å²) in [6.45, 7) is 1.42. The van der Waals surface area contributed by atoms with Gasteiger partial charge in [0.05, 0.1) is 0 Å². The Bertz CT molecular complexity index is 736. The minimum absolute atomic E-state index is 0.0151. The van der Waals surface area contributed by atoms with Gasteiger partial charge in [-0.05, 0) is 59.8 Å². The van der Waals surface area contributed by atoms with E-state index >= 15 is 0 Å². The van der Waals surface area contributed by atoms with Crippen molar-refractivity contribution in [3.63, 3.8) is 0 Å². The van der Waals surface area contributed by atoms with E-state index in [4.69, 9.17) is 4.18 Å². The number of halogens is 1. The Morgan fingerprint density at radius 2 is 1.75 bits per heavy atom. The fourth-order valence-corrected chi connectivity index (χ4v) is 2.99. The number of carbonyl (C=O) groups excluding carboxylic acids is 1. The van der Waals surface area contributed by atoms with Gasteiger partial charge in [-0.15, -0.1) is 0 Å². The standard InChI is InChI=1S/C14H11IO4S/c1-10(16)11-5-7-14(8-6-11)20(17,18)19-13-4-2-3-12(15)9-13/h2-9H,1H3. The van der Waals surface area contributed by atoms with E-state index in [1.807, 2.05) is 6.07 Å². The van der Waals surface area contributed by atoms with E-state index in [0.717, 1.165) is 3.57 Å². The Balaban J connectivity index is 2.28. The summed E-state index contributed by atoms with van der Waals surface area (Å²) < 4.78 is 30.1. The Morgan fingerprint density at radius 1 is 1.10 bits per heavy atom. The molecule has 0 aliphatic carbocycles. The number of ketones is 1. The summed E-state index contributed by atoms with van der Waals surface area (Å²) in [7, 11) is -3.89. The van der Waals surface area contributed by atoms with Crippen LogP contribution in [0.4, 0.5) is 0 Å². The number of Topliss-reactive ketones (excluding diaryl/α,β-unsaturated/α-hetero) is 1. The second-order valence-corrected chi connectivity index (χ2v) is 6.87. The molecule has 104 valence electrons. The van der Waals surface area contributed by atoms with Gasteiger partial charge in [0.1, 0.15) is 10.6 Å². The molecule has 0 heterocycles. The minimum atomic E-state index is -3.89. The number of hydrogen-bond acceptors (Lipinski definition) is 4. The molecule has 0 aliphatic rings. The molecule has 2 rings (SSSR count). The van der Waals surface area contributed by atoms with E-state index in [0.29, 0.717) is 5.56 Å². The minimum Gasteiger partial charge on any atom is -0.379 e. The highest BCUT2D eigenvalue weighted by Crippen LogP contribution is 2.21. The van der Waals surface area contributed by atoms with E-state index in [1.165, 1.54) is 31.2 Å². The lowest BCUT2D eigenvalue weighted by atomic mass is 10.2. The van der Waals surface area contributed by atoms with Gasteiger partial charge >= 0.3 is 10.1 Å². The van der Waals surface area contributed by atoms with Crippen LogP contribution in [-0.4, -0.2) is 14.2 Å². The fourth-order valence-electron chi connectivity index (χ4n) is 1.55. The lowest BCUT2D eigenvalue weighted by Gasteiger charge is -2.07. The van der Waals surface area contributed by atoms with Gasteiger partial charge in [-0.25, -0.2) is 0 Å². The van der Waals surface area contributed by atoms with Crippen molar-refractivity contribution in [2.45, 2.75) is 11.8 Å². The van der Waals surface area contributed by atoms with E-state index < -0.39 is 10.1 Å². The highest BCUT2D eigenvalue weighted by atomic mass is 127. The topological polar surface area (TPSA) is 60.4 Å². The van der Waals surface area contributed by atoms with Crippen LogP contribution in [0.3, 0.4) is 0 Å². The van der Waals surface area contributed by atoms with Gasteiger partial charge in [-0.3, -0.25) is 4.79 Å². The first-order chi connectivity index (χ1) is 9.38. The van der Waals surface area contributed by atoms with Crippen LogP contribution in [0.15, 0.2) is 53.4 Å². The average molecular weight is 402 g/mol. The van der Waals surface area contributed by atoms with Crippen molar-refractivity contribution >= 4 is 38.5 Å².